The fourth-order valence-electron chi connectivity index (χ4n) is 3.89. The molecule has 3 N–H and O–H groups in total. The highest BCUT2D eigenvalue weighted by atomic mass is 31.0. The third kappa shape index (κ3) is 7.69. The van der Waals surface area contributed by atoms with Crippen LogP contribution in [0.4, 0.5) is 10.5 Å². The first-order valence-electron chi connectivity index (χ1n) is 11.5. The zero-order valence-corrected chi connectivity index (χ0v) is 22.4. The number of rotatable bonds is 8. The Bertz CT molecular complexity index is 1070. The van der Waals surface area contributed by atoms with Gasteiger partial charge in [0.1, 0.15) is 17.8 Å². The quantitative estimate of drug-likeness (QED) is 0.192. The zero-order valence-electron chi connectivity index (χ0n) is 21.3. The Kier molecular flexibility index (Phi) is 9.68. The molecule has 5 atom stereocenters. The number of benzene rings is 1. The number of carbonyl (C=O) groups is 5. The van der Waals surface area contributed by atoms with E-state index in [0.717, 1.165) is 0 Å². The summed E-state index contributed by atoms with van der Waals surface area (Å²) in [7, 11) is 1.92. The molecule has 202 valence electrons. The van der Waals surface area contributed by atoms with Crippen molar-refractivity contribution >= 4 is 44.7 Å². The van der Waals surface area contributed by atoms with Crippen LogP contribution >= 0.6 is 9.39 Å². The minimum atomic E-state index is -1.10. The van der Waals surface area contributed by atoms with Gasteiger partial charge in [-0.15, -0.1) is 0 Å². The fourth-order valence-corrected chi connectivity index (χ4v) is 4.03. The van der Waals surface area contributed by atoms with Gasteiger partial charge in [0.05, 0.1) is 11.0 Å². The third-order valence-electron chi connectivity index (χ3n) is 5.84. The van der Waals surface area contributed by atoms with Crippen molar-refractivity contribution in [3.63, 3.8) is 0 Å². The second kappa shape index (κ2) is 12.1. The first-order valence-corrected chi connectivity index (χ1v) is 12.1. The molecule has 37 heavy (non-hydrogen) atoms. The van der Waals surface area contributed by atoms with Crippen LogP contribution in [0.2, 0.25) is 0 Å². The predicted octanol–water partition coefficient (Wildman–Crippen LogP) is 1.31. The van der Waals surface area contributed by atoms with E-state index in [9.17, 15) is 34.1 Å². The zero-order chi connectivity index (χ0) is 28.1. The van der Waals surface area contributed by atoms with Crippen LogP contribution in [-0.4, -0.2) is 64.1 Å². The van der Waals surface area contributed by atoms with Gasteiger partial charge in [0.15, 0.2) is 0 Å². The van der Waals surface area contributed by atoms with Crippen LogP contribution < -0.4 is 20.5 Å². The minimum Gasteiger partial charge on any atom is -0.410 e. The van der Waals surface area contributed by atoms with Gasteiger partial charge in [0, 0.05) is 18.7 Å². The van der Waals surface area contributed by atoms with Crippen LogP contribution in [0.3, 0.4) is 0 Å². The highest BCUT2D eigenvalue weighted by Crippen LogP contribution is 2.28. The van der Waals surface area contributed by atoms with Crippen molar-refractivity contribution in [1.29, 1.82) is 0 Å². The first kappa shape index (κ1) is 29.6. The van der Waals surface area contributed by atoms with Gasteiger partial charge in [-0.3, -0.25) is 29.3 Å². The van der Waals surface area contributed by atoms with E-state index in [1.807, 2.05) is 16.3 Å². The van der Waals surface area contributed by atoms with E-state index in [2.05, 4.69) is 15.7 Å². The monoisotopic (exact) mass is 537 g/mol. The lowest BCUT2D eigenvalue weighted by Crippen LogP contribution is -2.59. The average molecular weight is 538 g/mol. The molecule has 0 spiro atoms. The second-order valence-corrected chi connectivity index (χ2v) is 10.3. The summed E-state index contributed by atoms with van der Waals surface area (Å²) >= 11 is 0. The highest BCUT2D eigenvalue weighted by molar-refractivity contribution is 7.15. The van der Waals surface area contributed by atoms with Crippen molar-refractivity contribution in [3.8, 4) is 5.75 Å². The van der Waals surface area contributed by atoms with E-state index in [4.69, 9.17) is 4.74 Å². The Morgan fingerprint density at radius 3 is 2.24 bits per heavy atom. The first-order chi connectivity index (χ1) is 17.1. The molecule has 0 bridgehead atoms. The van der Waals surface area contributed by atoms with Crippen LogP contribution in [0.15, 0.2) is 24.3 Å². The molecule has 0 aliphatic carbocycles. The van der Waals surface area contributed by atoms with Gasteiger partial charge in [-0.05, 0) is 46.2 Å². The van der Waals surface area contributed by atoms with E-state index >= 15 is 0 Å². The van der Waals surface area contributed by atoms with Gasteiger partial charge in [0.25, 0.3) is 11.6 Å². The van der Waals surface area contributed by atoms with Crippen molar-refractivity contribution in [1.82, 2.24) is 20.6 Å². The predicted molar refractivity (Wildman–Crippen MR) is 135 cm³/mol. The lowest BCUT2D eigenvalue weighted by atomic mass is 9.85. The number of hydrogen-bond donors (Lipinski definition) is 3. The van der Waals surface area contributed by atoms with Crippen molar-refractivity contribution in [2.45, 2.75) is 59.2 Å². The summed E-state index contributed by atoms with van der Waals surface area (Å²) in [5.74, 6) is -2.81. The van der Waals surface area contributed by atoms with Crippen molar-refractivity contribution in [3.05, 3.63) is 34.4 Å². The number of Topliss-reactive ketones (excluding diaryl/α,β-unsaturated/α-hetero) is 1. The van der Waals surface area contributed by atoms with Crippen molar-refractivity contribution in [2.24, 2.45) is 11.3 Å². The maximum Gasteiger partial charge on any atom is 0.413 e. The summed E-state index contributed by atoms with van der Waals surface area (Å²) in [5, 5.41) is 18.0. The second-order valence-electron chi connectivity index (χ2n) is 10.00. The number of hydrogen-bond acceptors (Lipinski definition) is 8. The van der Waals surface area contributed by atoms with Gasteiger partial charge >= 0.3 is 6.09 Å². The van der Waals surface area contributed by atoms with E-state index in [1.165, 1.54) is 36.1 Å². The summed E-state index contributed by atoms with van der Waals surface area (Å²) in [6, 6.07) is 1.78. The van der Waals surface area contributed by atoms with Crippen LogP contribution in [0, 0.1) is 21.4 Å². The molecule has 1 aromatic carbocycles. The summed E-state index contributed by atoms with van der Waals surface area (Å²) in [6.45, 7) is 8.69. The maximum atomic E-state index is 13.6. The lowest BCUT2D eigenvalue weighted by Gasteiger charge is -2.35. The number of nitro groups is 1. The molecule has 0 saturated carbocycles. The topological polar surface area (TPSA) is 177 Å². The summed E-state index contributed by atoms with van der Waals surface area (Å²) < 4.78 is 5.20. The number of carbonyl (C=O) groups excluding carboxylic acids is 5. The molecule has 1 aliphatic heterocycles. The number of nitro benzene ring substituents is 1. The molecule has 2 rings (SSSR count). The molecular formula is C23H32N5O8P. The van der Waals surface area contributed by atoms with Gasteiger partial charge in [-0.1, -0.05) is 27.7 Å². The van der Waals surface area contributed by atoms with Crippen LogP contribution in [0.25, 0.3) is 0 Å². The van der Waals surface area contributed by atoms with Crippen molar-refractivity contribution in [2.75, 3.05) is 6.54 Å². The SMILES string of the molecule is CC(NC(=O)[C@@H]1C[C@@H](C)CN1C(=O)[C@@H](NC(=O)Oc1ccc([N+](=O)[O-])cc1)C(C)(C)C)C(=O)C(=O)NP. The van der Waals surface area contributed by atoms with E-state index in [1.54, 1.807) is 20.8 Å². The molecule has 1 fully saturated rings. The Balaban J connectivity index is 2.17. The number of amides is 4. The number of nitrogens with one attached hydrogen (secondary N) is 3. The van der Waals surface area contributed by atoms with Gasteiger partial charge in [-0.25, -0.2) is 4.79 Å². The molecule has 0 aromatic heterocycles. The molecule has 2 unspecified atom stereocenters. The molecule has 1 saturated heterocycles. The smallest absolute Gasteiger partial charge is 0.410 e. The van der Waals surface area contributed by atoms with Crippen LogP contribution in [0.5, 0.6) is 5.75 Å². The van der Waals surface area contributed by atoms with Crippen molar-refractivity contribution < 1.29 is 33.6 Å². The Morgan fingerprint density at radius 1 is 1.14 bits per heavy atom. The summed E-state index contributed by atoms with van der Waals surface area (Å²) in [6.07, 6.45) is -0.614. The minimum absolute atomic E-state index is 0.0336. The molecule has 0 radical (unpaired) electrons. The normalized spacial score (nSPS) is 18.8. The maximum absolute atomic E-state index is 13.6. The average Bonchev–Trinajstić information content (AvgIpc) is 3.22. The third-order valence-corrected chi connectivity index (χ3v) is 6.10. The van der Waals surface area contributed by atoms with E-state index in [0.29, 0.717) is 6.42 Å². The van der Waals surface area contributed by atoms with Gasteiger partial charge in [-0.2, -0.15) is 0 Å². The Hall–Kier alpha value is -3.60. The number of nitrogens with zero attached hydrogens (tertiary/aromatic N) is 2. The number of ketones is 1. The molecular weight excluding hydrogens is 505 g/mol. The highest BCUT2D eigenvalue weighted by Gasteiger charge is 2.44. The fraction of sp³-hybridized carbons (Fsp3) is 0.522. The van der Waals surface area contributed by atoms with E-state index in [-0.39, 0.29) is 23.9 Å². The molecule has 14 heteroatoms. The molecule has 13 nitrogen and oxygen atoms in total. The largest absolute Gasteiger partial charge is 0.413 e. The molecule has 1 aliphatic rings. The number of likely N-dealkylation sites (tertiary alicyclic amines) is 1. The number of ether oxygens (including phenoxy) is 1. The van der Waals surface area contributed by atoms with Gasteiger partial charge < -0.3 is 25.4 Å². The van der Waals surface area contributed by atoms with Gasteiger partial charge in [0.2, 0.25) is 17.6 Å². The Morgan fingerprint density at radius 2 is 1.73 bits per heavy atom. The summed E-state index contributed by atoms with van der Waals surface area (Å²) in [4.78, 5) is 74.4. The summed E-state index contributed by atoms with van der Waals surface area (Å²) in [5.41, 5.74) is -0.952. The van der Waals surface area contributed by atoms with Crippen LogP contribution in [-0.2, 0) is 19.2 Å². The van der Waals surface area contributed by atoms with E-state index < -0.39 is 58.1 Å². The standard InChI is InChI=1S/C23H32N5O8P/c1-12-10-16(19(30)24-13(2)17(29)20(31)26-37)27(11-12)21(32)18(23(3,4)5)25-22(33)36-15-8-6-14(7-9-15)28(34)35/h6-9,12-13,16,18H,10-11,37H2,1-5H3,(H,24,30)(H,25,33)(H,26,31)/t12-,13?,16+,18-/m1/s1. The lowest BCUT2D eigenvalue weighted by molar-refractivity contribution is -0.384. The molecule has 1 heterocycles. The number of non-ortho nitro benzene ring substituents is 1. The van der Waals surface area contributed by atoms with Crippen LogP contribution in [0.1, 0.15) is 41.0 Å². The Labute approximate surface area is 216 Å². The molecule has 1 aromatic rings. The molecule has 4 amide bonds.